The lowest BCUT2D eigenvalue weighted by Gasteiger charge is -2.29. The first-order valence-electron chi connectivity index (χ1n) is 7.53. The lowest BCUT2D eigenvalue weighted by atomic mass is 10.1. The molecule has 2 N–H and O–H groups in total. The molecule has 1 aliphatic rings. The van der Waals surface area contributed by atoms with Gasteiger partial charge in [0.25, 0.3) is 0 Å². The number of aryl methyl sites for hydroxylation is 1. The van der Waals surface area contributed by atoms with E-state index in [0.29, 0.717) is 17.2 Å². The van der Waals surface area contributed by atoms with Crippen LogP contribution in [0.3, 0.4) is 0 Å². The van der Waals surface area contributed by atoms with Crippen LogP contribution in [0.5, 0.6) is 0 Å². The maximum Gasteiger partial charge on any atom is 0.209 e. The van der Waals surface area contributed by atoms with Crippen LogP contribution in [0.4, 0.5) is 10.8 Å². The number of benzene rings is 1. The highest BCUT2D eigenvalue weighted by Crippen LogP contribution is 2.25. The second-order valence-corrected chi connectivity index (χ2v) is 7.81. The number of nitrogens with zero attached hydrogens (tertiary/aromatic N) is 3. The smallest absolute Gasteiger partial charge is 0.209 e. The van der Waals surface area contributed by atoms with Crippen LogP contribution in [0.25, 0.3) is 0 Å². The normalized spacial score (nSPS) is 19.0. The van der Waals surface area contributed by atoms with Gasteiger partial charge in [-0.3, -0.25) is 4.90 Å². The van der Waals surface area contributed by atoms with Crippen LogP contribution in [0, 0.1) is 10.9 Å². The predicted octanol–water partition coefficient (Wildman–Crippen LogP) is 3.79. The van der Waals surface area contributed by atoms with Crippen LogP contribution < -0.4 is 5.32 Å². The van der Waals surface area contributed by atoms with E-state index in [1.165, 1.54) is 11.3 Å². The molecule has 0 amide bonds. The Balaban J connectivity index is 1.70. The highest BCUT2D eigenvalue weighted by Gasteiger charge is 2.18. The van der Waals surface area contributed by atoms with E-state index in [4.69, 9.17) is 23.8 Å². The molecule has 0 radical (unpaired) electrons. The topological polar surface area (TPSA) is 53.3 Å². The number of piperidine rings is 1. The second-order valence-electron chi connectivity index (χ2n) is 5.78. The summed E-state index contributed by atoms with van der Waals surface area (Å²) >= 11 is 13.0. The Morgan fingerprint density at radius 2 is 2.35 bits per heavy atom. The van der Waals surface area contributed by atoms with Crippen LogP contribution in [-0.4, -0.2) is 39.0 Å². The molecule has 1 fully saturated rings. The lowest BCUT2D eigenvalue weighted by molar-refractivity contribution is 0.0516. The molecule has 1 atom stereocenters. The summed E-state index contributed by atoms with van der Waals surface area (Å²) in [6.07, 6.45) is 1.63. The highest BCUT2D eigenvalue weighted by atomic mass is 35.5. The van der Waals surface area contributed by atoms with E-state index in [2.05, 4.69) is 15.3 Å². The van der Waals surface area contributed by atoms with Gasteiger partial charge in [-0.05, 0) is 49.7 Å². The summed E-state index contributed by atoms with van der Waals surface area (Å²) in [7, 11) is 0. The third-order valence-electron chi connectivity index (χ3n) is 3.84. The van der Waals surface area contributed by atoms with Crippen molar-refractivity contribution >= 4 is 46.0 Å². The fourth-order valence-electron chi connectivity index (χ4n) is 2.59. The van der Waals surface area contributed by atoms with E-state index in [-0.39, 0.29) is 6.10 Å². The maximum atomic E-state index is 9.76. The van der Waals surface area contributed by atoms with E-state index in [9.17, 15) is 5.11 Å². The molecular formula is C15H19ClN4OS2. The molecule has 0 spiro atoms. The average Bonchev–Trinajstić information content (AvgIpc) is 2.83. The van der Waals surface area contributed by atoms with E-state index in [0.717, 1.165) is 40.8 Å². The molecule has 0 aliphatic carbocycles. The first kappa shape index (κ1) is 16.9. The van der Waals surface area contributed by atoms with E-state index in [1.54, 1.807) is 4.68 Å². The van der Waals surface area contributed by atoms with Crippen LogP contribution in [0.15, 0.2) is 18.2 Å². The van der Waals surface area contributed by atoms with Crippen molar-refractivity contribution in [3.05, 3.63) is 32.7 Å². The van der Waals surface area contributed by atoms with Gasteiger partial charge in [0.2, 0.25) is 5.13 Å². The van der Waals surface area contributed by atoms with Crippen molar-refractivity contribution in [1.29, 1.82) is 0 Å². The fraction of sp³-hybridized carbons (Fsp3) is 0.467. The van der Waals surface area contributed by atoms with E-state index >= 15 is 0 Å². The Kier molecular flexibility index (Phi) is 5.33. The Morgan fingerprint density at radius 3 is 3.09 bits per heavy atom. The molecule has 23 heavy (non-hydrogen) atoms. The van der Waals surface area contributed by atoms with Crippen molar-refractivity contribution in [2.24, 2.45) is 0 Å². The molecule has 1 aromatic heterocycles. The molecule has 0 bridgehead atoms. The largest absolute Gasteiger partial charge is 0.392 e. The van der Waals surface area contributed by atoms with Gasteiger partial charge in [-0.2, -0.15) is 0 Å². The summed E-state index contributed by atoms with van der Waals surface area (Å²) in [5.74, 6) is 0. The lowest BCUT2D eigenvalue weighted by Crippen LogP contribution is -2.39. The Hall–Kier alpha value is -0.990. The zero-order valence-electron chi connectivity index (χ0n) is 12.8. The molecule has 1 aromatic carbocycles. The van der Waals surface area contributed by atoms with Crippen molar-refractivity contribution in [1.82, 2.24) is 14.7 Å². The summed E-state index contributed by atoms with van der Waals surface area (Å²) in [5, 5.41) is 19.0. The molecule has 2 aromatic rings. The molecule has 1 saturated heterocycles. The third kappa shape index (κ3) is 4.30. The number of aromatic nitrogens is 2. The minimum atomic E-state index is -0.246. The fourth-order valence-corrected chi connectivity index (χ4v) is 3.78. The minimum absolute atomic E-state index is 0.246. The number of nitrogens with one attached hydrogen (secondary N) is 1. The molecule has 2 heterocycles. The third-order valence-corrected chi connectivity index (χ3v) is 5.47. The summed E-state index contributed by atoms with van der Waals surface area (Å²) in [4.78, 5) is 2.18. The molecule has 3 rings (SSSR count). The number of β-amino-alcohol motifs (C(OH)–C–C–N with tert-alkyl or cyclic N) is 1. The van der Waals surface area contributed by atoms with Gasteiger partial charge in [0.05, 0.1) is 12.8 Å². The van der Waals surface area contributed by atoms with Gasteiger partial charge in [-0.25, -0.2) is 4.68 Å². The minimum Gasteiger partial charge on any atom is -0.392 e. The van der Waals surface area contributed by atoms with Crippen molar-refractivity contribution < 1.29 is 5.11 Å². The molecule has 0 unspecified atom stereocenters. The number of hydrogen-bond donors (Lipinski definition) is 2. The van der Waals surface area contributed by atoms with E-state index < -0.39 is 0 Å². The van der Waals surface area contributed by atoms with Crippen LogP contribution in [0.1, 0.15) is 18.4 Å². The zero-order chi connectivity index (χ0) is 16.4. The van der Waals surface area contributed by atoms with Crippen molar-refractivity contribution in [3.63, 3.8) is 0 Å². The average molecular weight is 371 g/mol. The number of halogens is 1. The maximum absolute atomic E-state index is 9.76. The monoisotopic (exact) mass is 370 g/mol. The summed E-state index contributed by atoms with van der Waals surface area (Å²) < 4.78 is 2.52. The van der Waals surface area contributed by atoms with Crippen LogP contribution >= 0.6 is 35.2 Å². The SMILES string of the molecule is Cc1ccc(Nc2nn(CN3CCC[C@@H](O)C3)c(=S)s2)cc1Cl. The van der Waals surface area contributed by atoms with Crippen molar-refractivity contribution in [2.45, 2.75) is 32.5 Å². The summed E-state index contributed by atoms with van der Waals surface area (Å²) in [6.45, 7) is 4.23. The van der Waals surface area contributed by atoms with E-state index in [1.807, 2.05) is 25.1 Å². The van der Waals surface area contributed by atoms with Gasteiger partial charge >= 0.3 is 0 Å². The molecule has 1 aliphatic heterocycles. The number of rotatable bonds is 4. The quantitative estimate of drug-likeness (QED) is 0.802. The van der Waals surface area contributed by atoms with Gasteiger partial charge in [-0.1, -0.05) is 29.0 Å². The van der Waals surface area contributed by atoms with Crippen molar-refractivity contribution in [2.75, 3.05) is 18.4 Å². The Morgan fingerprint density at radius 1 is 1.52 bits per heavy atom. The molecule has 5 nitrogen and oxygen atoms in total. The zero-order valence-corrected chi connectivity index (χ0v) is 15.2. The van der Waals surface area contributed by atoms with Crippen LogP contribution in [0.2, 0.25) is 5.02 Å². The molecule has 0 saturated carbocycles. The first-order chi connectivity index (χ1) is 11.0. The summed E-state index contributed by atoms with van der Waals surface area (Å²) in [6, 6.07) is 5.82. The number of likely N-dealkylation sites (tertiary alicyclic amines) is 1. The first-order valence-corrected chi connectivity index (χ1v) is 9.13. The highest BCUT2D eigenvalue weighted by molar-refractivity contribution is 7.73. The van der Waals surface area contributed by atoms with Gasteiger partial charge < -0.3 is 10.4 Å². The van der Waals surface area contributed by atoms with Crippen molar-refractivity contribution in [3.8, 4) is 0 Å². The number of aliphatic hydroxyl groups is 1. The van der Waals surface area contributed by atoms with Gasteiger partial charge in [0.1, 0.15) is 0 Å². The summed E-state index contributed by atoms with van der Waals surface area (Å²) in [5.41, 5.74) is 1.93. The number of hydrogen-bond acceptors (Lipinski definition) is 6. The Bertz CT molecular complexity index is 745. The predicted molar refractivity (Wildman–Crippen MR) is 97.2 cm³/mol. The van der Waals surface area contributed by atoms with Gasteiger partial charge in [0, 0.05) is 23.8 Å². The Labute approximate surface area is 149 Å². The van der Waals surface area contributed by atoms with Gasteiger partial charge in [0.15, 0.2) is 3.95 Å². The number of anilines is 2. The van der Waals surface area contributed by atoms with Crippen LogP contribution in [-0.2, 0) is 6.67 Å². The molecular weight excluding hydrogens is 352 g/mol. The number of aliphatic hydroxyl groups excluding tert-OH is 1. The standard InChI is InChI=1S/C15H19ClN4OS2/c1-10-4-5-11(7-13(10)16)17-14-18-20(15(22)23-14)9-19-6-2-3-12(21)8-19/h4-5,7,12,21H,2-3,6,8-9H2,1H3,(H,17,18)/t12-/m1/s1. The van der Waals surface area contributed by atoms with Gasteiger partial charge in [-0.15, -0.1) is 5.10 Å². The molecule has 124 valence electrons. The molecule has 8 heteroatoms. The second kappa shape index (κ2) is 7.27.